The second-order valence-corrected chi connectivity index (χ2v) is 4.62. The average molecular weight is 265 g/mol. The maximum atomic E-state index is 5.70. The van der Waals surface area contributed by atoms with E-state index in [4.69, 9.17) is 5.84 Å². The molecule has 0 amide bonds. The Morgan fingerprint density at radius 1 is 1.10 bits per heavy atom. The van der Waals surface area contributed by atoms with Crippen molar-refractivity contribution in [1.29, 1.82) is 0 Å². The summed E-state index contributed by atoms with van der Waals surface area (Å²) in [5.74, 6) is 5.70. The molecule has 1 unspecified atom stereocenters. The summed E-state index contributed by atoms with van der Waals surface area (Å²) in [6.07, 6.45) is 5.31. The molecule has 5 nitrogen and oxygen atoms in total. The highest BCUT2D eigenvalue weighted by molar-refractivity contribution is 5.73. The van der Waals surface area contributed by atoms with Gasteiger partial charge in [-0.1, -0.05) is 12.1 Å². The van der Waals surface area contributed by atoms with Gasteiger partial charge in [-0.05, 0) is 36.2 Å². The van der Waals surface area contributed by atoms with Gasteiger partial charge >= 0.3 is 0 Å². The molecule has 3 rings (SSSR count). The fourth-order valence-corrected chi connectivity index (χ4v) is 2.22. The lowest BCUT2D eigenvalue weighted by molar-refractivity contribution is 0.615. The van der Waals surface area contributed by atoms with Crippen molar-refractivity contribution < 1.29 is 0 Å². The molecule has 5 heteroatoms. The van der Waals surface area contributed by atoms with Crippen LogP contribution in [0.25, 0.3) is 11.0 Å². The van der Waals surface area contributed by atoms with Crippen molar-refractivity contribution in [3.63, 3.8) is 0 Å². The van der Waals surface area contributed by atoms with Crippen molar-refractivity contribution in [2.45, 2.75) is 13.0 Å². The Morgan fingerprint density at radius 3 is 2.65 bits per heavy atom. The molecule has 0 saturated carbocycles. The predicted octanol–water partition coefficient (Wildman–Crippen LogP) is 1.89. The lowest BCUT2D eigenvalue weighted by Crippen LogP contribution is -2.30. The van der Waals surface area contributed by atoms with Crippen molar-refractivity contribution >= 4 is 11.0 Å². The van der Waals surface area contributed by atoms with Crippen LogP contribution in [0.5, 0.6) is 0 Å². The third-order valence-corrected chi connectivity index (χ3v) is 3.32. The molecule has 3 aromatic rings. The van der Waals surface area contributed by atoms with Gasteiger partial charge in [0.05, 0.1) is 29.0 Å². The van der Waals surface area contributed by atoms with Gasteiger partial charge in [0.15, 0.2) is 0 Å². The maximum Gasteiger partial charge on any atom is 0.0914 e. The molecule has 0 aliphatic rings. The van der Waals surface area contributed by atoms with Crippen LogP contribution in [0.4, 0.5) is 0 Å². The first-order valence-corrected chi connectivity index (χ1v) is 6.38. The summed E-state index contributed by atoms with van der Waals surface area (Å²) in [6.45, 7) is 2.02. The van der Waals surface area contributed by atoms with Gasteiger partial charge in [0, 0.05) is 12.4 Å². The predicted molar refractivity (Wildman–Crippen MR) is 77.7 cm³/mol. The molecule has 0 fully saturated rings. The molecule has 0 bridgehead atoms. The fourth-order valence-electron chi connectivity index (χ4n) is 2.22. The third kappa shape index (κ3) is 2.24. The summed E-state index contributed by atoms with van der Waals surface area (Å²) >= 11 is 0. The Kier molecular flexibility index (Phi) is 3.37. The minimum Gasteiger partial charge on any atom is -0.271 e. The highest BCUT2D eigenvalue weighted by Gasteiger charge is 2.17. The normalized spacial score (nSPS) is 12.5. The summed E-state index contributed by atoms with van der Waals surface area (Å²) in [4.78, 5) is 13.2. The Morgan fingerprint density at radius 2 is 1.90 bits per heavy atom. The topological polar surface area (TPSA) is 76.7 Å². The minimum atomic E-state index is -0.221. The monoisotopic (exact) mass is 265 g/mol. The molecule has 2 heterocycles. The summed E-state index contributed by atoms with van der Waals surface area (Å²) < 4.78 is 0. The van der Waals surface area contributed by atoms with Gasteiger partial charge in [-0.15, -0.1) is 0 Å². The first-order chi connectivity index (χ1) is 9.79. The molecule has 1 aromatic carbocycles. The highest BCUT2D eigenvalue weighted by atomic mass is 15.2. The number of hydrogen-bond donors (Lipinski definition) is 2. The molecule has 0 radical (unpaired) electrons. The van der Waals surface area contributed by atoms with Gasteiger partial charge in [-0.3, -0.25) is 15.8 Å². The standard InChI is InChI=1S/C15H15N5/c1-10-6-7-17-8-11(10)15(20-16)14-9-18-12-4-2-3-5-13(12)19-14/h2-9,15,20H,16H2,1H3. The van der Waals surface area contributed by atoms with Crippen LogP contribution in [0.1, 0.15) is 22.9 Å². The Bertz CT molecular complexity index is 741. The van der Waals surface area contributed by atoms with E-state index in [0.29, 0.717) is 0 Å². The van der Waals surface area contributed by atoms with Crippen LogP contribution in [-0.4, -0.2) is 15.0 Å². The zero-order valence-electron chi connectivity index (χ0n) is 11.1. The van der Waals surface area contributed by atoms with E-state index < -0.39 is 0 Å². The van der Waals surface area contributed by atoms with E-state index >= 15 is 0 Å². The number of hydrogen-bond acceptors (Lipinski definition) is 5. The largest absolute Gasteiger partial charge is 0.271 e. The second kappa shape index (κ2) is 5.32. The van der Waals surface area contributed by atoms with E-state index in [-0.39, 0.29) is 6.04 Å². The van der Waals surface area contributed by atoms with Gasteiger partial charge < -0.3 is 0 Å². The van der Waals surface area contributed by atoms with E-state index in [0.717, 1.165) is 27.9 Å². The number of nitrogens with two attached hydrogens (primary N) is 1. The summed E-state index contributed by atoms with van der Waals surface area (Å²) in [6, 6.07) is 9.50. The van der Waals surface area contributed by atoms with E-state index in [9.17, 15) is 0 Å². The smallest absolute Gasteiger partial charge is 0.0914 e. The summed E-state index contributed by atoms with van der Waals surface area (Å²) in [7, 11) is 0. The lowest BCUT2D eigenvalue weighted by Gasteiger charge is -2.17. The SMILES string of the molecule is Cc1ccncc1C(NN)c1cnc2ccccc2n1. The Labute approximate surface area is 116 Å². The van der Waals surface area contributed by atoms with Crippen LogP contribution in [0.15, 0.2) is 48.9 Å². The Hall–Kier alpha value is -2.37. The molecular formula is C15H15N5. The van der Waals surface area contributed by atoms with E-state index in [1.54, 1.807) is 18.6 Å². The summed E-state index contributed by atoms with van der Waals surface area (Å²) in [5, 5.41) is 0. The molecule has 2 aromatic heterocycles. The second-order valence-electron chi connectivity index (χ2n) is 4.62. The van der Waals surface area contributed by atoms with Gasteiger partial charge in [0.25, 0.3) is 0 Å². The van der Waals surface area contributed by atoms with Crippen LogP contribution < -0.4 is 11.3 Å². The molecule has 0 saturated heterocycles. The van der Waals surface area contributed by atoms with Crippen molar-refractivity contribution in [3.05, 3.63) is 65.7 Å². The van der Waals surface area contributed by atoms with Gasteiger partial charge in [0.2, 0.25) is 0 Å². The van der Waals surface area contributed by atoms with Crippen molar-refractivity contribution in [2.24, 2.45) is 5.84 Å². The zero-order valence-corrected chi connectivity index (χ0v) is 11.1. The number of para-hydroxylation sites is 2. The maximum absolute atomic E-state index is 5.70. The first kappa shape index (κ1) is 12.7. The molecule has 0 aliphatic carbocycles. The lowest BCUT2D eigenvalue weighted by atomic mass is 10.0. The van der Waals surface area contributed by atoms with Crippen molar-refractivity contribution in [3.8, 4) is 0 Å². The van der Waals surface area contributed by atoms with Crippen LogP contribution in [0.2, 0.25) is 0 Å². The molecule has 20 heavy (non-hydrogen) atoms. The van der Waals surface area contributed by atoms with Crippen LogP contribution in [0.3, 0.4) is 0 Å². The molecule has 1 atom stereocenters. The Balaban J connectivity index is 2.10. The highest BCUT2D eigenvalue weighted by Crippen LogP contribution is 2.22. The van der Waals surface area contributed by atoms with Crippen LogP contribution in [0, 0.1) is 6.92 Å². The molecular weight excluding hydrogens is 250 g/mol. The summed E-state index contributed by atoms with van der Waals surface area (Å²) in [5.41, 5.74) is 7.41. The number of aromatic nitrogens is 3. The van der Waals surface area contributed by atoms with E-state index in [1.807, 2.05) is 37.3 Å². The first-order valence-electron chi connectivity index (χ1n) is 6.38. The zero-order chi connectivity index (χ0) is 13.9. The minimum absolute atomic E-state index is 0.221. The van der Waals surface area contributed by atoms with Gasteiger partial charge in [-0.25, -0.2) is 10.4 Å². The van der Waals surface area contributed by atoms with E-state index in [2.05, 4.69) is 20.4 Å². The number of benzene rings is 1. The number of nitrogens with zero attached hydrogens (tertiary/aromatic N) is 3. The third-order valence-electron chi connectivity index (χ3n) is 3.32. The number of rotatable bonds is 3. The number of aryl methyl sites for hydroxylation is 1. The molecule has 0 spiro atoms. The number of hydrazine groups is 1. The van der Waals surface area contributed by atoms with Gasteiger partial charge in [0.1, 0.15) is 0 Å². The molecule has 100 valence electrons. The molecule has 0 aliphatic heterocycles. The van der Waals surface area contributed by atoms with Crippen LogP contribution in [-0.2, 0) is 0 Å². The van der Waals surface area contributed by atoms with Crippen molar-refractivity contribution in [2.75, 3.05) is 0 Å². The quantitative estimate of drug-likeness (QED) is 0.558. The van der Waals surface area contributed by atoms with Gasteiger partial charge in [-0.2, -0.15) is 0 Å². The van der Waals surface area contributed by atoms with Crippen molar-refractivity contribution in [1.82, 2.24) is 20.4 Å². The fraction of sp³-hybridized carbons (Fsp3) is 0.133. The average Bonchev–Trinajstić information content (AvgIpc) is 2.50. The number of pyridine rings is 1. The molecule has 3 N–H and O–H groups in total. The van der Waals surface area contributed by atoms with E-state index in [1.165, 1.54) is 0 Å². The number of nitrogens with one attached hydrogen (secondary N) is 1. The van der Waals surface area contributed by atoms with Crippen LogP contribution >= 0.6 is 0 Å². The number of fused-ring (bicyclic) bond motifs is 1.